The summed E-state index contributed by atoms with van der Waals surface area (Å²) in [6.07, 6.45) is 5.34. The third kappa shape index (κ3) is 4.61. The first-order chi connectivity index (χ1) is 11.7. The van der Waals surface area contributed by atoms with Crippen LogP contribution in [0.3, 0.4) is 0 Å². The Kier molecular flexibility index (Phi) is 5.93. The molecule has 132 valence electrons. The molecular formula is C18H24O6. The van der Waals surface area contributed by atoms with Crippen molar-refractivity contribution >= 4 is 5.97 Å². The molecule has 2 atom stereocenters. The molecule has 6 heteroatoms. The maximum absolute atomic E-state index is 11.9. The summed E-state index contributed by atoms with van der Waals surface area (Å²) in [5, 5.41) is 0. The van der Waals surface area contributed by atoms with Gasteiger partial charge < -0.3 is 23.7 Å². The second-order valence-corrected chi connectivity index (χ2v) is 6.01. The van der Waals surface area contributed by atoms with Gasteiger partial charge in [0.2, 0.25) is 0 Å². The summed E-state index contributed by atoms with van der Waals surface area (Å²) >= 11 is 0. The molecule has 0 aromatic heterocycles. The van der Waals surface area contributed by atoms with E-state index in [0.29, 0.717) is 30.3 Å². The smallest absolute Gasteiger partial charge is 0.338 e. The topological polar surface area (TPSA) is 63.2 Å². The molecule has 2 fully saturated rings. The lowest BCUT2D eigenvalue weighted by molar-refractivity contribution is -0.109. The number of carbonyl (C=O) groups excluding carboxylic acids is 1. The lowest BCUT2D eigenvalue weighted by Gasteiger charge is -2.25. The van der Waals surface area contributed by atoms with Gasteiger partial charge in [0.25, 0.3) is 0 Å². The van der Waals surface area contributed by atoms with Crippen LogP contribution in [-0.4, -0.2) is 38.9 Å². The molecule has 0 amide bonds. The lowest BCUT2D eigenvalue weighted by atomic mass is 10.2. The third-order valence-corrected chi connectivity index (χ3v) is 4.11. The van der Waals surface area contributed by atoms with E-state index in [9.17, 15) is 4.79 Å². The predicted molar refractivity (Wildman–Crippen MR) is 86.2 cm³/mol. The molecule has 1 aromatic carbocycles. The molecule has 2 aliphatic rings. The van der Waals surface area contributed by atoms with E-state index in [1.165, 1.54) is 7.11 Å². The minimum atomic E-state index is -0.431. The maximum atomic E-state index is 11.9. The van der Waals surface area contributed by atoms with Crippen LogP contribution in [-0.2, 0) is 14.2 Å². The molecule has 1 aromatic rings. The van der Waals surface area contributed by atoms with E-state index in [2.05, 4.69) is 0 Å². The predicted octanol–water partition coefficient (Wildman–Crippen LogP) is 3.28. The summed E-state index contributed by atoms with van der Waals surface area (Å²) in [6, 6.07) is 5.07. The zero-order chi connectivity index (χ0) is 16.8. The van der Waals surface area contributed by atoms with Gasteiger partial charge in [-0.3, -0.25) is 0 Å². The highest BCUT2D eigenvalue weighted by Crippen LogP contribution is 2.28. The van der Waals surface area contributed by atoms with E-state index >= 15 is 0 Å². The Hall–Kier alpha value is -1.79. The summed E-state index contributed by atoms with van der Waals surface area (Å²) < 4.78 is 27.7. The highest BCUT2D eigenvalue weighted by atomic mass is 16.7. The minimum Gasteiger partial charge on any atom is -0.465 e. The van der Waals surface area contributed by atoms with Crippen LogP contribution in [0.2, 0.25) is 0 Å². The van der Waals surface area contributed by atoms with Crippen LogP contribution in [0.25, 0.3) is 0 Å². The largest absolute Gasteiger partial charge is 0.465 e. The molecule has 0 spiro atoms. The standard InChI is InChI=1S/C18H24O6/c1-20-18(19)13-10-14(23-16-6-2-4-8-21-16)12-15(11-13)24-17-7-3-5-9-22-17/h10-12,16-17H,2-9H2,1H3/t16-,17+. The molecule has 0 aliphatic carbocycles. The third-order valence-electron chi connectivity index (χ3n) is 4.11. The fourth-order valence-corrected chi connectivity index (χ4v) is 2.86. The van der Waals surface area contributed by atoms with Crippen molar-refractivity contribution in [3.05, 3.63) is 23.8 Å². The lowest BCUT2D eigenvalue weighted by Crippen LogP contribution is -2.26. The number of carbonyl (C=O) groups is 1. The van der Waals surface area contributed by atoms with Crippen molar-refractivity contribution in [3.8, 4) is 11.5 Å². The van der Waals surface area contributed by atoms with Gasteiger partial charge >= 0.3 is 5.97 Å². The molecule has 2 heterocycles. The monoisotopic (exact) mass is 336 g/mol. The minimum absolute atomic E-state index is 0.287. The molecule has 0 bridgehead atoms. The van der Waals surface area contributed by atoms with Gasteiger partial charge in [0.1, 0.15) is 11.5 Å². The Morgan fingerprint density at radius 3 is 1.88 bits per heavy atom. The Morgan fingerprint density at radius 2 is 1.46 bits per heavy atom. The van der Waals surface area contributed by atoms with Crippen molar-refractivity contribution in [3.63, 3.8) is 0 Å². The quantitative estimate of drug-likeness (QED) is 0.769. The van der Waals surface area contributed by atoms with Gasteiger partial charge in [0.05, 0.1) is 25.9 Å². The van der Waals surface area contributed by atoms with Gasteiger partial charge in [0.15, 0.2) is 12.6 Å². The summed E-state index contributed by atoms with van der Waals surface area (Å²) in [7, 11) is 1.35. The van der Waals surface area contributed by atoms with Gasteiger partial charge in [-0.15, -0.1) is 0 Å². The first-order valence-corrected chi connectivity index (χ1v) is 8.54. The number of hydrogen-bond donors (Lipinski definition) is 0. The number of methoxy groups -OCH3 is 1. The van der Waals surface area contributed by atoms with Gasteiger partial charge in [-0.2, -0.15) is 0 Å². The van der Waals surface area contributed by atoms with Crippen LogP contribution in [0, 0.1) is 0 Å². The van der Waals surface area contributed by atoms with Crippen LogP contribution in [0.1, 0.15) is 48.9 Å². The van der Waals surface area contributed by atoms with Crippen molar-refractivity contribution in [2.45, 2.75) is 51.1 Å². The summed E-state index contributed by atoms with van der Waals surface area (Å²) in [5.74, 6) is 0.644. The molecule has 3 rings (SSSR count). The molecule has 0 unspecified atom stereocenters. The normalized spacial score (nSPS) is 24.2. The van der Waals surface area contributed by atoms with Crippen molar-refractivity contribution in [2.75, 3.05) is 20.3 Å². The van der Waals surface area contributed by atoms with Gasteiger partial charge in [-0.05, 0) is 37.8 Å². The molecule has 6 nitrogen and oxygen atoms in total. The van der Waals surface area contributed by atoms with Gasteiger partial charge in [-0.1, -0.05) is 0 Å². The van der Waals surface area contributed by atoms with Crippen molar-refractivity contribution < 1.29 is 28.5 Å². The van der Waals surface area contributed by atoms with E-state index in [1.54, 1.807) is 18.2 Å². The first-order valence-electron chi connectivity index (χ1n) is 8.54. The van der Waals surface area contributed by atoms with Crippen molar-refractivity contribution in [1.82, 2.24) is 0 Å². The number of esters is 1. The highest BCUT2D eigenvalue weighted by Gasteiger charge is 2.20. The van der Waals surface area contributed by atoms with Crippen molar-refractivity contribution in [1.29, 1.82) is 0 Å². The second-order valence-electron chi connectivity index (χ2n) is 6.01. The zero-order valence-electron chi connectivity index (χ0n) is 14.0. The molecular weight excluding hydrogens is 312 g/mol. The number of benzene rings is 1. The molecule has 2 saturated heterocycles. The van der Waals surface area contributed by atoms with E-state index in [4.69, 9.17) is 23.7 Å². The highest BCUT2D eigenvalue weighted by molar-refractivity contribution is 5.90. The average Bonchev–Trinajstić information content (AvgIpc) is 2.62. The average molecular weight is 336 g/mol. The molecule has 0 N–H and O–H groups in total. The molecule has 24 heavy (non-hydrogen) atoms. The second kappa shape index (κ2) is 8.35. The summed E-state index contributed by atoms with van der Waals surface area (Å²) in [6.45, 7) is 1.39. The molecule has 2 aliphatic heterocycles. The van der Waals surface area contributed by atoms with Gasteiger partial charge in [0, 0.05) is 18.9 Å². The van der Waals surface area contributed by atoms with Crippen molar-refractivity contribution in [2.24, 2.45) is 0 Å². The Morgan fingerprint density at radius 1 is 0.917 bits per heavy atom. The van der Waals surface area contributed by atoms with Crippen LogP contribution in [0.15, 0.2) is 18.2 Å². The molecule has 0 saturated carbocycles. The van der Waals surface area contributed by atoms with E-state index in [0.717, 1.165) is 38.5 Å². The van der Waals surface area contributed by atoms with Crippen LogP contribution in [0.4, 0.5) is 0 Å². The molecule has 0 radical (unpaired) electrons. The number of ether oxygens (including phenoxy) is 5. The van der Waals surface area contributed by atoms with E-state index < -0.39 is 5.97 Å². The number of hydrogen-bond acceptors (Lipinski definition) is 6. The number of rotatable bonds is 5. The Labute approximate surface area is 142 Å². The zero-order valence-corrected chi connectivity index (χ0v) is 14.0. The van der Waals surface area contributed by atoms with Crippen LogP contribution >= 0.6 is 0 Å². The fraction of sp³-hybridized carbons (Fsp3) is 0.611. The van der Waals surface area contributed by atoms with E-state index in [-0.39, 0.29) is 12.6 Å². The van der Waals surface area contributed by atoms with Gasteiger partial charge in [-0.25, -0.2) is 4.79 Å². The Bertz CT molecular complexity index is 508. The first kappa shape index (κ1) is 17.0. The summed E-state index contributed by atoms with van der Waals surface area (Å²) in [4.78, 5) is 11.9. The van der Waals surface area contributed by atoms with Crippen LogP contribution in [0.5, 0.6) is 11.5 Å². The maximum Gasteiger partial charge on any atom is 0.338 e. The SMILES string of the molecule is COC(=O)c1cc(O[C@@H]2CCCCO2)cc(O[C@H]2CCCCO2)c1. The van der Waals surface area contributed by atoms with E-state index in [1.807, 2.05) is 0 Å². The Balaban J connectivity index is 1.75. The van der Waals surface area contributed by atoms with Crippen LogP contribution < -0.4 is 9.47 Å². The fourth-order valence-electron chi connectivity index (χ4n) is 2.86. The summed E-state index contributed by atoms with van der Waals surface area (Å²) in [5.41, 5.74) is 0.386.